The molecule has 0 aliphatic carbocycles. The molecular weight excluding hydrogens is 183 g/mol. The number of hydrogen-bond acceptors (Lipinski definition) is 1. The van der Waals surface area contributed by atoms with Gasteiger partial charge in [0.15, 0.2) is 0 Å². The van der Waals surface area contributed by atoms with Gasteiger partial charge in [-0.05, 0) is 20.3 Å². The Bertz CT molecular complexity index is 134. The second kappa shape index (κ2) is 5.02. The van der Waals surface area contributed by atoms with E-state index in [4.69, 9.17) is 23.2 Å². The van der Waals surface area contributed by atoms with E-state index in [0.29, 0.717) is 6.42 Å². The molecule has 3 heteroatoms. The fraction of sp³-hybridized carbons (Fsp3) is 0.750. The smallest absolute Gasteiger partial charge is 0.0759 e. The average Bonchev–Trinajstić information content (AvgIpc) is 1.84. The largest absolute Gasteiger partial charge is 0.391 e. The van der Waals surface area contributed by atoms with Crippen molar-refractivity contribution in [2.45, 2.75) is 37.1 Å². The normalized spacial score (nSPS) is 19.0. The van der Waals surface area contributed by atoms with Gasteiger partial charge in [-0.2, -0.15) is 0 Å². The lowest BCUT2D eigenvalue weighted by atomic mass is 10.1. The number of aliphatic hydroxyl groups excluding tert-OH is 1. The Morgan fingerprint density at radius 3 is 2.27 bits per heavy atom. The van der Waals surface area contributed by atoms with Crippen LogP contribution in [-0.4, -0.2) is 22.0 Å². The Balaban J connectivity index is 3.82. The van der Waals surface area contributed by atoms with Gasteiger partial charge in [0.05, 0.1) is 11.5 Å². The van der Waals surface area contributed by atoms with Crippen LogP contribution in [0.15, 0.2) is 12.2 Å². The summed E-state index contributed by atoms with van der Waals surface area (Å²) in [6, 6.07) is 0. The van der Waals surface area contributed by atoms with Crippen molar-refractivity contribution in [3.8, 4) is 0 Å². The molecule has 0 aromatic heterocycles. The first-order chi connectivity index (χ1) is 4.95. The Kier molecular flexibility index (Phi) is 5.15. The molecule has 1 N–H and O–H groups in total. The van der Waals surface area contributed by atoms with Crippen LogP contribution >= 0.6 is 23.2 Å². The third-order valence-electron chi connectivity index (χ3n) is 1.36. The van der Waals surface area contributed by atoms with Crippen LogP contribution in [0, 0.1) is 0 Å². The molecule has 66 valence electrons. The topological polar surface area (TPSA) is 20.2 Å². The molecule has 0 aromatic carbocycles. The van der Waals surface area contributed by atoms with Crippen molar-refractivity contribution in [1.29, 1.82) is 0 Å². The van der Waals surface area contributed by atoms with Gasteiger partial charge in [-0.1, -0.05) is 5.57 Å². The van der Waals surface area contributed by atoms with Crippen molar-refractivity contribution in [3.05, 3.63) is 12.2 Å². The van der Waals surface area contributed by atoms with Crippen molar-refractivity contribution < 1.29 is 5.11 Å². The predicted molar refractivity (Wildman–Crippen MR) is 50.4 cm³/mol. The average molecular weight is 197 g/mol. The number of rotatable bonds is 4. The van der Waals surface area contributed by atoms with E-state index >= 15 is 0 Å². The summed E-state index contributed by atoms with van der Waals surface area (Å²) < 4.78 is 0. The molecule has 0 unspecified atom stereocenters. The highest BCUT2D eigenvalue weighted by molar-refractivity contribution is 6.30. The highest BCUT2D eigenvalue weighted by atomic mass is 35.5. The summed E-state index contributed by atoms with van der Waals surface area (Å²) in [5.74, 6) is 0. The van der Waals surface area contributed by atoms with Gasteiger partial charge >= 0.3 is 0 Å². The summed E-state index contributed by atoms with van der Waals surface area (Å²) in [5.41, 5.74) is 0.917. The molecule has 0 radical (unpaired) electrons. The molecule has 0 fully saturated rings. The molecule has 3 atom stereocenters. The van der Waals surface area contributed by atoms with Gasteiger partial charge in [0, 0.05) is 5.38 Å². The Morgan fingerprint density at radius 2 is 2.00 bits per heavy atom. The first-order valence-electron chi connectivity index (χ1n) is 3.55. The third kappa shape index (κ3) is 4.67. The highest BCUT2D eigenvalue weighted by Crippen LogP contribution is 2.17. The van der Waals surface area contributed by atoms with Crippen molar-refractivity contribution in [2.24, 2.45) is 0 Å². The van der Waals surface area contributed by atoms with E-state index in [1.165, 1.54) is 0 Å². The third-order valence-corrected chi connectivity index (χ3v) is 2.43. The van der Waals surface area contributed by atoms with E-state index in [9.17, 15) is 5.11 Å². The molecule has 0 aliphatic rings. The lowest BCUT2D eigenvalue weighted by Crippen LogP contribution is -2.27. The standard InChI is InChI=1S/C8H14Cl2O/c1-5(2)4-7(11)8(10)6(3)9/h6-8,11H,1,4H2,2-3H3/t6-,7-,8-/m1/s1. The summed E-state index contributed by atoms with van der Waals surface area (Å²) in [5, 5.41) is 8.77. The van der Waals surface area contributed by atoms with Crippen LogP contribution < -0.4 is 0 Å². The maximum Gasteiger partial charge on any atom is 0.0759 e. The van der Waals surface area contributed by atoms with Crippen LogP contribution in [0.25, 0.3) is 0 Å². The van der Waals surface area contributed by atoms with Crippen molar-refractivity contribution >= 4 is 23.2 Å². The summed E-state index contributed by atoms with van der Waals surface area (Å²) >= 11 is 11.5. The molecule has 0 saturated heterocycles. The molecule has 0 bridgehead atoms. The van der Waals surface area contributed by atoms with Gasteiger partial charge in [0.25, 0.3) is 0 Å². The first-order valence-corrected chi connectivity index (χ1v) is 4.43. The minimum absolute atomic E-state index is 0.217. The van der Waals surface area contributed by atoms with Crippen molar-refractivity contribution in [1.82, 2.24) is 0 Å². The summed E-state index contributed by atoms with van der Waals surface area (Å²) in [4.78, 5) is 0. The van der Waals surface area contributed by atoms with Crippen LogP contribution in [0.1, 0.15) is 20.3 Å². The van der Waals surface area contributed by atoms with Gasteiger partial charge in [0.2, 0.25) is 0 Å². The fourth-order valence-corrected chi connectivity index (χ4v) is 1.03. The monoisotopic (exact) mass is 196 g/mol. The van der Waals surface area contributed by atoms with E-state index in [1.807, 2.05) is 6.92 Å². The maximum absolute atomic E-state index is 9.38. The molecular formula is C8H14Cl2O. The minimum Gasteiger partial charge on any atom is -0.391 e. The summed E-state index contributed by atoms with van der Waals surface area (Å²) in [6.07, 6.45) is -0.0627. The zero-order valence-electron chi connectivity index (χ0n) is 6.85. The second-order valence-corrected chi connectivity index (χ2v) is 4.04. The van der Waals surface area contributed by atoms with Crippen LogP contribution in [0.5, 0.6) is 0 Å². The fourth-order valence-electron chi connectivity index (χ4n) is 0.776. The van der Waals surface area contributed by atoms with E-state index in [1.54, 1.807) is 6.92 Å². The molecule has 0 aliphatic heterocycles. The second-order valence-electron chi connectivity index (χ2n) is 2.85. The molecule has 0 aromatic rings. The van der Waals surface area contributed by atoms with E-state index in [-0.39, 0.29) is 5.38 Å². The molecule has 11 heavy (non-hydrogen) atoms. The van der Waals surface area contributed by atoms with Crippen molar-refractivity contribution in [2.75, 3.05) is 0 Å². The molecule has 0 amide bonds. The number of halogens is 2. The Hall–Kier alpha value is 0.280. The van der Waals surface area contributed by atoms with Gasteiger partial charge in [-0.3, -0.25) is 0 Å². The Labute approximate surface area is 78.0 Å². The van der Waals surface area contributed by atoms with Crippen LogP contribution in [-0.2, 0) is 0 Å². The molecule has 0 spiro atoms. The number of aliphatic hydroxyl groups is 1. The lowest BCUT2D eigenvalue weighted by Gasteiger charge is -2.18. The molecule has 0 saturated carbocycles. The van der Waals surface area contributed by atoms with E-state index < -0.39 is 11.5 Å². The van der Waals surface area contributed by atoms with E-state index in [0.717, 1.165) is 5.57 Å². The minimum atomic E-state index is -0.582. The van der Waals surface area contributed by atoms with Gasteiger partial charge in [0.1, 0.15) is 0 Å². The number of alkyl halides is 2. The first kappa shape index (κ1) is 11.3. The Morgan fingerprint density at radius 1 is 1.55 bits per heavy atom. The van der Waals surface area contributed by atoms with Crippen molar-refractivity contribution in [3.63, 3.8) is 0 Å². The lowest BCUT2D eigenvalue weighted by molar-refractivity contribution is 0.169. The molecule has 0 rings (SSSR count). The van der Waals surface area contributed by atoms with Crippen LogP contribution in [0.4, 0.5) is 0 Å². The summed E-state index contributed by atoms with van der Waals surface area (Å²) in [6.45, 7) is 7.29. The van der Waals surface area contributed by atoms with Crippen LogP contribution in [0.3, 0.4) is 0 Å². The highest BCUT2D eigenvalue weighted by Gasteiger charge is 2.20. The van der Waals surface area contributed by atoms with Crippen LogP contribution in [0.2, 0.25) is 0 Å². The van der Waals surface area contributed by atoms with Gasteiger partial charge in [-0.15, -0.1) is 29.8 Å². The summed E-state index contributed by atoms with van der Waals surface area (Å²) in [7, 11) is 0. The quantitative estimate of drug-likeness (QED) is 0.542. The molecule has 1 nitrogen and oxygen atoms in total. The van der Waals surface area contributed by atoms with E-state index in [2.05, 4.69) is 6.58 Å². The molecule has 0 heterocycles. The van der Waals surface area contributed by atoms with Gasteiger partial charge in [-0.25, -0.2) is 0 Å². The maximum atomic E-state index is 9.38. The zero-order valence-corrected chi connectivity index (χ0v) is 8.36. The SMILES string of the molecule is C=C(C)C[C@@H](O)[C@H](Cl)[C@@H](C)Cl. The predicted octanol–water partition coefficient (Wildman–Crippen LogP) is 2.55. The van der Waals surface area contributed by atoms with Gasteiger partial charge < -0.3 is 5.11 Å². The zero-order chi connectivity index (χ0) is 9.02. The number of hydrogen-bond donors (Lipinski definition) is 1.